The number of rotatable bonds is 3. The van der Waals surface area contributed by atoms with Crippen molar-refractivity contribution in [1.82, 2.24) is 0 Å². The van der Waals surface area contributed by atoms with Crippen LogP contribution >= 0.6 is 0 Å². The van der Waals surface area contributed by atoms with Crippen LogP contribution in [0.2, 0.25) is 0 Å². The number of carbonyl (C=O) groups excluding carboxylic acids is 1. The number of aliphatic hydroxyl groups is 1. The molecule has 0 saturated heterocycles. The Hall–Kier alpha value is -1.61. The minimum Gasteiger partial charge on any atom is -0.463 e. The largest absolute Gasteiger partial charge is 0.463 e. The zero-order valence-electron chi connectivity index (χ0n) is 12.2. The highest BCUT2D eigenvalue weighted by Gasteiger charge is 2.61. The molecule has 1 aromatic rings. The summed E-state index contributed by atoms with van der Waals surface area (Å²) < 4.78 is 5.28. The standard InChI is InChI=1S/C18H20O3/c1-2-21-18(20)17-14(10-6-4-3-5-7-10)16-12-8-11(15(16)17)9-13(12)19/h3-7,11-13,15-16,19H,2,8-9H2,1H3/t11-,12+,13+,15-,16-/m1/s1. The summed E-state index contributed by atoms with van der Waals surface area (Å²) in [5.41, 5.74) is 3.12. The molecule has 3 nitrogen and oxygen atoms in total. The van der Waals surface area contributed by atoms with Gasteiger partial charge in [0.2, 0.25) is 0 Å². The molecule has 0 unspecified atom stereocenters. The van der Waals surface area contributed by atoms with Gasteiger partial charge < -0.3 is 9.84 Å². The van der Waals surface area contributed by atoms with E-state index in [0.29, 0.717) is 30.3 Å². The zero-order valence-corrected chi connectivity index (χ0v) is 12.2. The van der Waals surface area contributed by atoms with Gasteiger partial charge in [0.1, 0.15) is 0 Å². The Morgan fingerprint density at radius 2 is 2.00 bits per heavy atom. The lowest BCUT2D eigenvalue weighted by atomic mass is 9.59. The van der Waals surface area contributed by atoms with Gasteiger partial charge in [-0.15, -0.1) is 0 Å². The first kappa shape index (κ1) is 13.1. The first-order chi connectivity index (χ1) is 10.2. The van der Waals surface area contributed by atoms with Gasteiger partial charge in [0.05, 0.1) is 12.7 Å². The predicted molar refractivity (Wildman–Crippen MR) is 79.2 cm³/mol. The second-order valence-electron chi connectivity index (χ2n) is 6.43. The number of benzene rings is 1. The summed E-state index contributed by atoms with van der Waals surface area (Å²) in [5.74, 6) is 1.29. The van der Waals surface area contributed by atoms with E-state index < -0.39 is 0 Å². The van der Waals surface area contributed by atoms with E-state index in [9.17, 15) is 9.90 Å². The molecule has 0 radical (unpaired) electrons. The molecular weight excluding hydrogens is 264 g/mol. The maximum atomic E-state index is 12.4. The minimum absolute atomic E-state index is 0.153. The molecule has 0 spiro atoms. The molecule has 2 saturated carbocycles. The van der Waals surface area contributed by atoms with E-state index in [1.165, 1.54) is 0 Å². The number of esters is 1. The van der Waals surface area contributed by atoms with Gasteiger partial charge in [0.25, 0.3) is 0 Å². The fourth-order valence-corrected chi connectivity index (χ4v) is 4.82. The highest BCUT2D eigenvalue weighted by atomic mass is 16.5. The van der Waals surface area contributed by atoms with Crippen LogP contribution < -0.4 is 0 Å². The van der Waals surface area contributed by atoms with E-state index in [1.807, 2.05) is 25.1 Å². The highest BCUT2D eigenvalue weighted by Crippen LogP contribution is 2.66. The molecule has 3 heteroatoms. The number of carbonyl (C=O) groups is 1. The number of hydrogen-bond acceptors (Lipinski definition) is 3. The van der Waals surface area contributed by atoms with Gasteiger partial charge in [-0.2, -0.15) is 0 Å². The van der Waals surface area contributed by atoms with Crippen molar-refractivity contribution in [2.75, 3.05) is 6.61 Å². The van der Waals surface area contributed by atoms with Crippen molar-refractivity contribution in [3.63, 3.8) is 0 Å². The summed E-state index contributed by atoms with van der Waals surface area (Å²) in [6.07, 6.45) is 1.70. The Balaban J connectivity index is 1.78. The Morgan fingerprint density at radius 3 is 2.71 bits per heavy atom. The summed E-state index contributed by atoms with van der Waals surface area (Å²) >= 11 is 0. The van der Waals surface area contributed by atoms with E-state index in [1.54, 1.807) is 0 Å². The Labute approximate surface area is 124 Å². The molecule has 2 bridgehead atoms. The molecular formula is C18H20O3. The van der Waals surface area contributed by atoms with Gasteiger partial charge in [-0.3, -0.25) is 0 Å². The van der Waals surface area contributed by atoms with Gasteiger partial charge in [0, 0.05) is 11.5 Å². The number of allylic oxidation sites excluding steroid dienone is 1. The van der Waals surface area contributed by atoms with Crippen molar-refractivity contribution in [2.45, 2.75) is 25.9 Å². The average molecular weight is 284 g/mol. The Kier molecular flexibility index (Phi) is 2.93. The molecule has 4 rings (SSSR count). The van der Waals surface area contributed by atoms with Crippen molar-refractivity contribution in [2.24, 2.45) is 23.7 Å². The number of ether oxygens (including phenoxy) is 1. The fourth-order valence-electron chi connectivity index (χ4n) is 4.82. The third-order valence-electron chi connectivity index (χ3n) is 5.51. The normalized spacial score (nSPS) is 36.4. The van der Waals surface area contributed by atoms with E-state index in [-0.39, 0.29) is 12.1 Å². The van der Waals surface area contributed by atoms with Crippen LogP contribution in [0.15, 0.2) is 35.9 Å². The number of fused-ring (bicyclic) bond motifs is 5. The van der Waals surface area contributed by atoms with Gasteiger partial charge in [0.15, 0.2) is 0 Å². The van der Waals surface area contributed by atoms with Gasteiger partial charge >= 0.3 is 5.97 Å². The number of hydrogen-bond donors (Lipinski definition) is 1. The molecule has 0 aromatic heterocycles. The van der Waals surface area contributed by atoms with Crippen molar-refractivity contribution in [3.05, 3.63) is 41.5 Å². The molecule has 3 aliphatic rings. The predicted octanol–water partition coefficient (Wildman–Crippen LogP) is 2.65. The van der Waals surface area contributed by atoms with Gasteiger partial charge in [-0.25, -0.2) is 4.79 Å². The van der Waals surface area contributed by atoms with Crippen LogP contribution in [0.1, 0.15) is 25.3 Å². The van der Waals surface area contributed by atoms with E-state index >= 15 is 0 Å². The van der Waals surface area contributed by atoms with Crippen molar-refractivity contribution in [3.8, 4) is 0 Å². The first-order valence-corrected chi connectivity index (χ1v) is 7.87. The smallest absolute Gasteiger partial charge is 0.334 e. The molecule has 0 aliphatic heterocycles. The van der Waals surface area contributed by atoms with E-state index in [2.05, 4.69) is 12.1 Å². The van der Waals surface area contributed by atoms with Crippen molar-refractivity contribution < 1.29 is 14.6 Å². The molecule has 0 amide bonds. The summed E-state index contributed by atoms with van der Waals surface area (Å²) in [5, 5.41) is 10.2. The highest BCUT2D eigenvalue weighted by molar-refractivity contribution is 6.03. The van der Waals surface area contributed by atoms with Crippen LogP contribution in [-0.4, -0.2) is 23.8 Å². The molecule has 110 valence electrons. The maximum Gasteiger partial charge on any atom is 0.334 e. The second-order valence-corrected chi connectivity index (χ2v) is 6.43. The Morgan fingerprint density at radius 1 is 1.24 bits per heavy atom. The van der Waals surface area contributed by atoms with Crippen LogP contribution in [0, 0.1) is 23.7 Å². The zero-order chi connectivity index (χ0) is 14.6. The minimum atomic E-state index is -0.196. The summed E-state index contributed by atoms with van der Waals surface area (Å²) in [7, 11) is 0. The lowest BCUT2D eigenvalue weighted by Gasteiger charge is -2.45. The van der Waals surface area contributed by atoms with E-state index in [4.69, 9.17) is 4.74 Å². The fraction of sp³-hybridized carbons (Fsp3) is 0.500. The molecule has 21 heavy (non-hydrogen) atoms. The van der Waals surface area contributed by atoms with Gasteiger partial charge in [-0.05, 0) is 48.7 Å². The summed E-state index contributed by atoms with van der Waals surface area (Å²) in [6.45, 7) is 2.26. The molecule has 3 aliphatic carbocycles. The van der Waals surface area contributed by atoms with Crippen molar-refractivity contribution >= 4 is 11.5 Å². The van der Waals surface area contributed by atoms with Crippen LogP contribution in [0.3, 0.4) is 0 Å². The third kappa shape index (κ3) is 1.73. The molecule has 2 fully saturated rings. The second kappa shape index (κ2) is 4.70. The SMILES string of the molecule is CCOC(=O)C1=C(c2ccccc2)[C@H]2[C@H]3C[C@H](C[C@@H]3O)[C@@H]12. The monoisotopic (exact) mass is 284 g/mol. The first-order valence-electron chi connectivity index (χ1n) is 7.87. The quantitative estimate of drug-likeness (QED) is 0.868. The molecule has 0 heterocycles. The lowest BCUT2D eigenvalue weighted by molar-refractivity contribution is -0.140. The van der Waals surface area contributed by atoms with E-state index in [0.717, 1.165) is 29.6 Å². The lowest BCUT2D eigenvalue weighted by Crippen LogP contribution is -2.43. The number of aliphatic hydroxyl groups excluding tert-OH is 1. The van der Waals surface area contributed by atoms with Gasteiger partial charge in [-0.1, -0.05) is 30.3 Å². The third-order valence-corrected chi connectivity index (χ3v) is 5.51. The van der Waals surface area contributed by atoms with Crippen LogP contribution in [0.4, 0.5) is 0 Å². The van der Waals surface area contributed by atoms with Crippen LogP contribution in [0.25, 0.3) is 5.57 Å². The topological polar surface area (TPSA) is 46.5 Å². The molecule has 1 aromatic carbocycles. The summed E-state index contributed by atoms with van der Waals surface area (Å²) in [4.78, 5) is 12.4. The Bertz CT molecular complexity index is 604. The molecule has 5 atom stereocenters. The van der Waals surface area contributed by atoms with Crippen LogP contribution in [-0.2, 0) is 9.53 Å². The summed E-state index contributed by atoms with van der Waals surface area (Å²) in [6, 6.07) is 10.1. The van der Waals surface area contributed by atoms with Crippen molar-refractivity contribution in [1.29, 1.82) is 0 Å². The van der Waals surface area contributed by atoms with Crippen LogP contribution in [0.5, 0.6) is 0 Å². The molecule has 1 N–H and O–H groups in total. The average Bonchev–Trinajstić information content (AvgIpc) is 2.93. The maximum absolute atomic E-state index is 12.4.